The van der Waals surface area contributed by atoms with Crippen LogP contribution in [0.1, 0.15) is 27.2 Å². The quantitative estimate of drug-likeness (QED) is 0.404. The summed E-state index contributed by atoms with van der Waals surface area (Å²) < 4.78 is 27.7. The fourth-order valence-electron chi connectivity index (χ4n) is 4.37. The summed E-state index contributed by atoms with van der Waals surface area (Å²) in [5.74, 6) is 0.174. The highest BCUT2D eigenvalue weighted by Gasteiger charge is 2.45. The first-order chi connectivity index (χ1) is 14.9. The van der Waals surface area contributed by atoms with Gasteiger partial charge < -0.3 is 12.4 Å². The van der Waals surface area contributed by atoms with Gasteiger partial charge in [-0.05, 0) is 56.7 Å². The predicted octanol–water partition coefficient (Wildman–Crippen LogP) is 1.43. The maximum atomic E-state index is 13.0. The van der Waals surface area contributed by atoms with Crippen molar-refractivity contribution in [2.24, 2.45) is 0 Å². The van der Waals surface area contributed by atoms with Gasteiger partial charge in [0.25, 0.3) is 0 Å². The highest BCUT2D eigenvalue weighted by molar-refractivity contribution is 7.95. The van der Waals surface area contributed by atoms with Gasteiger partial charge in [-0.3, -0.25) is 0 Å². The van der Waals surface area contributed by atoms with Crippen molar-refractivity contribution in [1.82, 2.24) is 4.31 Å². The minimum atomic E-state index is -3.29. The first-order valence-corrected chi connectivity index (χ1v) is 14.5. The van der Waals surface area contributed by atoms with E-state index < -0.39 is 17.3 Å². The molecule has 3 rings (SSSR count). The second-order valence-corrected chi connectivity index (χ2v) is 13.7. The smallest absolute Gasteiger partial charge is 0.214 e. The summed E-state index contributed by atoms with van der Waals surface area (Å²) in [5, 5.41) is 3.88. The molecule has 3 aromatic rings. The number of rotatable bonds is 10. The number of sulfonamides is 1. The van der Waals surface area contributed by atoms with Gasteiger partial charge in [-0.2, -0.15) is 4.31 Å². The molecule has 0 spiro atoms. The van der Waals surface area contributed by atoms with Gasteiger partial charge in [0, 0.05) is 12.6 Å². The minimum Gasteiger partial charge on any atom is -1.00 e. The molecule has 0 N–H and O–H groups in total. The Hall–Kier alpha value is -1.71. The van der Waals surface area contributed by atoms with E-state index in [1.165, 1.54) is 15.9 Å². The van der Waals surface area contributed by atoms with Crippen molar-refractivity contribution < 1.29 is 20.8 Å². The zero-order valence-corrected chi connectivity index (χ0v) is 21.5. The molecule has 0 aromatic heterocycles. The minimum absolute atomic E-state index is 0. The lowest BCUT2D eigenvalue weighted by Crippen LogP contribution is -3.00. The van der Waals surface area contributed by atoms with E-state index in [0.717, 1.165) is 6.16 Å². The van der Waals surface area contributed by atoms with Crippen molar-refractivity contribution in [3.63, 3.8) is 0 Å². The van der Waals surface area contributed by atoms with Gasteiger partial charge in [-0.15, -0.1) is 0 Å². The number of halogens is 1. The first-order valence-electron chi connectivity index (χ1n) is 11.0. The van der Waals surface area contributed by atoms with E-state index in [9.17, 15) is 8.42 Å². The van der Waals surface area contributed by atoms with Crippen LogP contribution in [-0.2, 0) is 10.0 Å². The van der Waals surface area contributed by atoms with Gasteiger partial charge in [0.1, 0.15) is 23.2 Å². The molecule has 0 amide bonds. The lowest BCUT2D eigenvalue weighted by molar-refractivity contribution is -0.00000939. The zero-order chi connectivity index (χ0) is 22.3. The fourth-order valence-corrected chi connectivity index (χ4v) is 10.7. The van der Waals surface area contributed by atoms with Crippen LogP contribution in [0.2, 0.25) is 0 Å². The van der Waals surface area contributed by atoms with Gasteiger partial charge in [-0.1, -0.05) is 61.5 Å². The topological polar surface area (TPSA) is 37.4 Å². The summed E-state index contributed by atoms with van der Waals surface area (Å²) in [5.41, 5.74) is 0. The average molecular weight is 490 g/mol. The highest BCUT2D eigenvalue weighted by atomic mass is 35.5. The third-order valence-electron chi connectivity index (χ3n) is 5.73. The second kappa shape index (κ2) is 12.0. The molecule has 3 aromatic carbocycles. The lowest BCUT2D eigenvalue weighted by Gasteiger charge is -2.29. The van der Waals surface area contributed by atoms with Crippen LogP contribution in [-0.4, -0.2) is 37.2 Å². The Balaban J connectivity index is 0.00000363. The van der Waals surface area contributed by atoms with Crippen LogP contribution >= 0.6 is 7.26 Å². The van der Waals surface area contributed by atoms with E-state index in [1.807, 2.05) is 39.0 Å². The Morgan fingerprint density at radius 2 is 1.12 bits per heavy atom. The number of nitrogens with zero attached hydrogens (tertiary/aromatic N) is 1. The van der Waals surface area contributed by atoms with Crippen molar-refractivity contribution in [2.45, 2.75) is 33.2 Å². The molecule has 0 atom stereocenters. The van der Waals surface area contributed by atoms with Crippen molar-refractivity contribution in [1.29, 1.82) is 0 Å². The highest BCUT2D eigenvalue weighted by Crippen LogP contribution is 2.55. The zero-order valence-electron chi connectivity index (χ0n) is 19.1. The summed E-state index contributed by atoms with van der Waals surface area (Å²) >= 11 is 0. The van der Waals surface area contributed by atoms with Crippen LogP contribution in [0.5, 0.6) is 0 Å². The van der Waals surface area contributed by atoms with E-state index in [-0.39, 0.29) is 24.2 Å². The molecule has 0 bridgehead atoms. The van der Waals surface area contributed by atoms with Gasteiger partial charge >= 0.3 is 0 Å². The SMILES string of the molecule is CCN(C(C)C)S(=O)(=O)CCC[P+](c1ccccc1)(c1ccccc1)c1ccccc1.[Cl-]. The summed E-state index contributed by atoms with van der Waals surface area (Å²) in [6, 6.07) is 31.8. The molecular weight excluding hydrogens is 457 g/mol. The van der Waals surface area contributed by atoms with Gasteiger partial charge in [0.15, 0.2) is 0 Å². The number of benzene rings is 3. The molecule has 32 heavy (non-hydrogen) atoms. The average Bonchev–Trinajstić information content (AvgIpc) is 2.78. The summed E-state index contributed by atoms with van der Waals surface area (Å²) in [6.45, 7) is 6.30. The molecular formula is C26H33ClNO2PS. The molecule has 0 saturated heterocycles. The molecule has 3 nitrogen and oxygen atoms in total. The van der Waals surface area contributed by atoms with E-state index in [2.05, 4.69) is 72.8 Å². The summed E-state index contributed by atoms with van der Waals surface area (Å²) in [7, 11) is -5.27. The van der Waals surface area contributed by atoms with Crippen molar-refractivity contribution >= 4 is 33.2 Å². The molecule has 0 fully saturated rings. The van der Waals surface area contributed by atoms with Crippen molar-refractivity contribution in [3.8, 4) is 0 Å². The molecule has 0 aliphatic rings. The Labute approximate surface area is 200 Å². The van der Waals surface area contributed by atoms with Crippen molar-refractivity contribution in [2.75, 3.05) is 18.5 Å². The monoisotopic (exact) mass is 489 g/mol. The second-order valence-electron chi connectivity index (χ2n) is 8.01. The molecule has 0 heterocycles. The normalized spacial score (nSPS) is 12.0. The standard InChI is InChI=1S/C26H33NO2PS.ClH/c1-4-27(23(2)3)31(28,29)22-14-21-30(24-15-8-5-9-16-24,25-17-10-6-11-18-25)26-19-12-7-13-20-26;/h5-13,15-20,23H,4,14,21-22H2,1-3H3;1H/q+1;/p-1. The Morgan fingerprint density at radius 1 is 0.750 bits per heavy atom. The molecule has 0 unspecified atom stereocenters. The molecule has 172 valence electrons. The molecule has 0 saturated carbocycles. The van der Waals surface area contributed by atoms with Gasteiger partial charge in [-0.25, -0.2) is 8.42 Å². The third-order valence-corrected chi connectivity index (χ3v) is 12.5. The van der Waals surface area contributed by atoms with E-state index in [0.29, 0.717) is 13.0 Å². The van der Waals surface area contributed by atoms with Crippen LogP contribution in [0, 0.1) is 0 Å². The largest absolute Gasteiger partial charge is 1.00 e. The van der Waals surface area contributed by atoms with Gasteiger partial charge in [0.2, 0.25) is 10.0 Å². The Kier molecular flexibility index (Phi) is 9.91. The first kappa shape index (κ1) is 26.5. The van der Waals surface area contributed by atoms with E-state index in [4.69, 9.17) is 0 Å². The molecule has 6 heteroatoms. The van der Waals surface area contributed by atoms with Crippen LogP contribution in [0.3, 0.4) is 0 Å². The molecule has 0 aliphatic carbocycles. The summed E-state index contributed by atoms with van der Waals surface area (Å²) in [4.78, 5) is 0. The van der Waals surface area contributed by atoms with Gasteiger partial charge in [0.05, 0.1) is 11.9 Å². The number of hydrogen-bond donors (Lipinski definition) is 0. The lowest BCUT2D eigenvalue weighted by atomic mass is 10.4. The maximum Gasteiger partial charge on any atom is 0.214 e. The fraction of sp³-hybridized carbons (Fsp3) is 0.308. The summed E-state index contributed by atoms with van der Waals surface area (Å²) in [6.07, 6.45) is 1.44. The predicted molar refractivity (Wildman–Crippen MR) is 136 cm³/mol. The molecule has 0 aliphatic heterocycles. The van der Waals surface area contributed by atoms with Crippen LogP contribution < -0.4 is 28.3 Å². The van der Waals surface area contributed by atoms with Crippen molar-refractivity contribution in [3.05, 3.63) is 91.0 Å². The van der Waals surface area contributed by atoms with E-state index in [1.54, 1.807) is 4.31 Å². The Morgan fingerprint density at radius 3 is 1.44 bits per heavy atom. The van der Waals surface area contributed by atoms with Crippen LogP contribution in [0.4, 0.5) is 0 Å². The molecule has 0 radical (unpaired) electrons. The van der Waals surface area contributed by atoms with Crippen LogP contribution in [0.15, 0.2) is 91.0 Å². The Bertz CT molecular complexity index is 948. The van der Waals surface area contributed by atoms with Crippen LogP contribution in [0.25, 0.3) is 0 Å². The number of hydrogen-bond acceptors (Lipinski definition) is 2. The van der Waals surface area contributed by atoms with E-state index >= 15 is 0 Å². The maximum absolute atomic E-state index is 13.0. The third kappa shape index (κ3) is 5.80.